The molecule has 1 amide bonds. The number of ether oxygens (including phenoxy) is 1. The largest absolute Gasteiger partial charge is 0.493 e. The van der Waals surface area contributed by atoms with Crippen molar-refractivity contribution in [3.05, 3.63) is 96.5 Å². The maximum Gasteiger partial charge on any atom is 0.248 e. The Morgan fingerprint density at radius 2 is 1.94 bits per heavy atom. The Hall–Kier alpha value is -4.52. The third-order valence-corrected chi connectivity index (χ3v) is 5.00. The lowest BCUT2D eigenvalue weighted by molar-refractivity contribution is -0.111. The van der Waals surface area contributed by atoms with Crippen LogP contribution in [0.25, 0.3) is 17.3 Å². The first-order valence-corrected chi connectivity index (χ1v) is 10.9. The predicted molar refractivity (Wildman–Crippen MR) is 135 cm³/mol. The molecule has 0 aliphatic carbocycles. The number of hydrogen-bond acceptors (Lipinski definition) is 6. The summed E-state index contributed by atoms with van der Waals surface area (Å²) in [5.74, 6) is 0.959. The van der Waals surface area contributed by atoms with Crippen molar-refractivity contribution in [1.29, 1.82) is 0 Å². The fourth-order valence-electron chi connectivity index (χ4n) is 3.30. The van der Waals surface area contributed by atoms with E-state index < -0.39 is 0 Å². The molecule has 0 aliphatic heterocycles. The molecule has 0 unspecified atom stereocenters. The minimum Gasteiger partial charge on any atom is -0.493 e. The predicted octanol–water partition coefficient (Wildman–Crippen LogP) is 5.64. The van der Waals surface area contributed by atoms with E-state index in [1.807, 2.05) is 74.5 Å². The summed E-state index contributed by atoms with van der Waals surface area (Å²) < 4.78 is 5.60. The molecule has 7 nitrogen and oxygen atoms in total. The van der Waals surface area contributed by atoms with E-state index in [-0.39, 0.29) is 5.91 Å². The highest BCUT2D eigenvalue weighted by atomic mass is 16.5. The average Bonchev–Trinajstić information content (AvgIpc) is 2.86. The number of carbonyl (C=O) groups excluding carboxylic acids is 1. The van der Waals surface area contributed by atoms with Crippen molar-refractivity contribution in [2.75, 3.05) is 17.2 Å². The maximum atomic E-state index is 12.5. The molecule has 0 bridgehead atoms. The van der Waals surface area contributed by atoms with Gasteiger partial charge in [-0.05, 0) is 61.9 Å². The van der Waals surface area contributed by atoms with Crippen LogP contribution in [0.3, 0.4) is 0 Å². The number of pyridine rings is 1. The summed E-state index contributed by atoms with van der Waals surface area (Å²) in [5.41, 5.74) is 4.97. The lowest BCUT2D eigenvalue weighted by atomic mass is 10.1. The molecule has 0 atom stereocenters. The van der Waals surface area contributed by atoms with Crippen LogP contribution in [0.2, 0.25) is 0 Å². The van der Waals surface area contributed by atoms with Gasteiger partial charge in [0.2, 0.25) is 11.9 Å². The van der Waals surface area contributed by atoms with Gasteiger partial charge in [0.15, 0.2) is 0 Å². The fraction of sp³-hybridized carbons (Fsp3) is 0.111. The number of amides is 1. The molecule has 0 saturated carbocycles. The monoisotopic (exact) mass is 451 g/mol. The van der Waals surface area contributed by atoms with Gasteiger partial charge >= 0.3 is 0 Å². The summed E-state index contributed by atoms with van der Waals surface area (Å²) in [7, 11) is 0. The van der Waals surface area contributed by atoms with Gasteiger partial charge in [-0.1, -0.05) is 24.3 Å². The Morgan fingerprint density at radius 1 is 1.06 bits per heavy atom. The van der Waals surface area contributed by atoms with Crippen LogP contribution in [-0.2, 0) is 4.79 Å². The molecule has 0 aliphatic rings. The maximum absolute atomic E-state index is 12.5. The number of anilines is 3. The fourth-order valence-corrected chi connectivity index (χ4v) is 3.30. The second-order valence-corrected chi connectivity index (χ2v) is 7.46. The van der Waals surface area contributed by atoms with Gasteiger partial charge in [0.05, 0.1) is 12.3 Å². The van der Waals surface area contributed by atoms with Crippen molar-refractivity contribution in [1.82, 2.24) is 15.0 Å². The molecule has 0 fully saturated rings. The number of aryl methyl sites for hydroxylation is 1. The number of nitrogens with one attached hydrogen (secondary N) is 2. The summed E-state index contributed by atoms with van der Waals surface area (Å²) in [5, 5.41) is 6.15. The number of carbonyl (C=O) groups is 1. The molecular weight excluding hydrogens is 426 g/mol. The highest BCUT2D eigenvalue weighted by Crippen LogP contribution is 2.24. The van der Waals surface area contributed by atoms with Gasteiger partial charge in [0, 0.05) is 47.2 Å². The number of benzene rings is 2. The van der Waals surface area contributed by atoms with E-state index >= 15 is 0 Å². The second-order valence-electron chi connectivity index (χ2n) is 7.46. The van der Waals surface area contributed by atoms with Crippen LogP contribution in [0.15, 0.2) is 85.3 Å². The van der Waals surface area contributed by atoms with Gasteiger partial charge in [-0.2, -0.15) is 0 Å². The standard InChI is InChI=1S/C27H25N5O2/c1-3-34-25-9-5-4-7-20(25)11-13-26(33)30-22-12-10-19(2)24(17-22)32-27-29-16-14-23(31-27)21-8-6-15-28-18-21/h4-18H,3H2,1-2H3,(H,30,33)(H,29,31,32)/b13-11+. The van der Waals surface area contributed by atoms with Gasteiger partial charge in [-0.25, -0.2) is 9.97 Å². The Kier molecular flexibility index (Phi) is 7.25. The van der Waals surface area contributed by atoms with E-state index in [1.165, 1.54) is 6.08 Å². The van der Waals surface area contributed by atoms with Crippen molar-refractivity contribution in [2.24, 2.45) is 0 Å². The van der Waals surface area contributed by atoms with Crippen molar-refractivity contribution < 1.29 is 9.53 Å². The highest BCUT2D eigenvalue weighted by molar-refractivity contribution is 6.02. The normalized spacial score (nSPS) is 10.8. The lowest BCUT2D eigenvalue weighted by Gasteiger charge is -2.11. The van der Waals surface area contributed by atoms with Crippen molar-refractivity contribution >= 4 is 29.3 Å². The minimum atomic E-state index is -0.240. The molecule has 7 heteroatoms. The van der Waals surface area contributed by atoms with Crippen LogP contribution in [0.5, 0.6) is 5.75 Å². The minimum absolute atomic E-state index is 0.240. The third-order valence-electron chi connectivity index (χ3n) is 5.00. The van der Waals surface area contributed by atoms with E-state index in [2.05, 4.69) is 25.6 Å². The van der Waals surface area contributed by atoms with E-state index in [0.717, 1.165) is 33.8 Å². The second kappa shape index (κ2) is 10.9. The summed E-state index contributed by atoms with van der Waals surface area (Å²) in [6.07, 6.45) is 8.41. The molecule has 2 heterocycles. The average molecular weight is 452 g/mol. The van der Waals surface area contributed by atoms with Crippen LogP contribution in [0.1, 0.15) is 18.1 Å². The number of nitrogens with zero attached hydrogens (tertiary/aromatic N) is 3. The number of aromatic nitrogens is 3. The molecule has 34 heavy (non-hydrogen) atoms. The number of hydrogen-bond donors (Lipinski definition) is 2. The van der Waals surface area contributed by atoms with Crippen LogP contribution in [0.4, 0.5) is 17.3 Å². The topological polar surface area (TPSA) is 89.0 Å². The summed E-state index contributed by atoms with van der Waals surface area (Å²) >= 11 is 0. The van der Waals surface area contributed by atoms with E-state index in [1.54, 1.807) is 24.7 Å². The van der Waals surface area contributed by atoms with Crippen LogP contribution in [0, 0.1) is 6.92 Å². The Balaban J connectivity index is 1.47. The molecule has 0 saturated heterocycles. The van der Waals surface area contributed by atoms with Crippen LogP contribution >= 0.6 is 0 Å². The van der Waals surface area contributed by atoms with Gasteiger partial charge in [0.1, 0.15) is 5.75 Å². The number of para-hydroxylation sites is 1. The zero-order valence-corrected chi connectivity index (χ0v) is 19.0. The van der Waals surface area contributed by atoms with Crippen molar-refractivity contribution in [2.45, 2.75) is 13.8 Å². The lowest BCUT2D eigenvalue weighted by Crippen LogP contribution is -2.08. The molecule has 0 radical (unpaired) electrons. The van der Waals surface area contributed by atoms with Gasteiger partial charge in [-0.15, -0.1) is 0 Å². The summed E-state index contributed by atoms with van der Waals surface area (Å²) in [6, 6.07) is 18.9. The third kappa shape index (κ3) is 5.83. The zero-order chi connectivity index (χ0) is 23.8. The Labute approximate surface area is 198 Å². The first-order chi connectivity index (χ1) is 16.6. The first-order valence-electron chi connectivity index (χ1n) is 10.9. The Morgan fingerprint density at radius 3 is 2.76 bits per heavy atom. The van der Waals surface area contributed by atoms with E-state index in [0.29, 0.717) is 18.2 Å². The smallest absolute Gasteiger partial charge is 0.248 e. The zero-order valence-electron chi connectivity index (χ0n) is 19.0. The van der Waals surface area contributed by atoms with E-state index in [9.17, 15) is 4.79 Å². The molecule has 2 N–H and O–H groups in total. The molecule has 4 aromatic rings. The van der Waals surface area contributed by atoms with E-state index in [4.69, 9.17) is 4.74 Å². The molecule has 2 aromatic heterocycles. The summed E-state index contributed by atoms with van der Waals surface area (Å²) in [6.45, 7) is 4.46. The SMILES string of the molecule is CCOc1ccccc1/C=C/C(=O)Nc1ccc(C)c(Nc2nccc(-c3cccnc3)n2)c1. The molecule has 4 rings (SSSR count). The molecular formula is C27H25N5O2. The van der Waals surface area contributed by atoms with Crippen LogP contribution in [-0.4, -0.2) is 27.5 Å². The molecule has 2 aromatic carbocycles. The van der Waals surface area contributed by atoms with Crippen LogP contribution < -0.4 is 15.4 Å². The van der Waals surface area contributed by atoms with Crippen molar-refractivity contribution in [3.8, 4) is 17.0 Å². The summed E-state index contributed by atoms with van der Waals surface area (Å²) in [4.78, 5) is 25.6. The quantitative estimate of drug-likeness (QED) is 0.337. The van der Waals surface area contributed by atoms with Crippen molar-refractivity contribution in [3.63, 3.8) is 0 Å². The van der Waals surface area contributed by atoms with Gasteiger partial charge in [0.25, 0.3) is 0 Å². The molecule has 0 spiro atoms. The number of rotatable bonds is 8. The first kappa shape index (κ1) is 22.7. The highest BCUT2D eigenvalue weighted by Gasteiger charge is 2.07. The van der Waals surface area contributed by atoms with Gasteiger partial charge in [-0.3, -0.25) is 9.78 Å². The van der Waals surface area contributed by atoms with Gasteiger partial charge < -0.3 is 15.4 Å². The molecule has 170 valence electrons. The Bertz CT molecular complexity index is 1310.